The Balaban J connectivity index is 1.36. The third kappa shape index (κ3) is 4.80. The maximum atomic E-state index is 13.1. The summed E-state index contributed by atoms with van der Waals surface area (Å²) in [5.41, 5.74) is 0.386. The minimum Gasteiger partial charge on any atom is -0.345 e. The van der Waals surface area contributed by atoms with Crippen LogP contribution in [0.3, 0.4) is 0 Å². The third-order valence-corrected chi connectivity index (χ3v) is 8.49. The predicted molar refractivity (Wildman–Crippen MR) is 116 cm³/mol. The summed E-state index contributed by atoms with van der Waals surface area (Å²) in [5, 5.41) is 0. The summed E-state index contributed by atoms with van der Waals surface area (Å²) in [5.74, 6) is 0.0142. The van der Waals surface area contributed by atoms with Crippen molar-refractivity contribution in [2.75, 3.05) is 58.9 Å². The second kappa shape index (κ2) is 9.30. The Kier molecular flexibility index (Phi) is 6.68. The van der Waals surface area contributed by atoms with Gasteiger partial charge in [-0.15, -0.1) is 0 Å². The van der Waals surface area contributed by atoms with Gasteiger partial charge in [-0.05, 0) is 31.7 Å². The zero-order valence-corrected chi connectivity index (χ0v) is 19.1. The van der Waals surface area contributed by atoms with Gasteiger partial charge in [-0.2, -0.15) is 4.31 Å². The van der Waals surface area contributed by atoms with Gasteiger partial charge in [0.1, 0.15) is 10.6 Å². The van der Waals surface area contributed by atoms with Crippen molar-refractivity contribution < 1.29 is 18.0 Å². The van der Waals surface area contributed by atoms with Gasteiger partial charge in [0.05, 0.1) is 6.54 Å². The molecule has 10 heteroatoms. The molecule has 0 aliphatic carbocycles. The van der Waals surface area contributed by atoms with Crippen LogP contribution >= 0.6 is 0 Å². The number of piperidine rings is 1. The van der Waals surface area contributed by atoms with Gasteiger partial charge in [-0.3, -0.25) is 14.5 Å². The minimum atomic E-state index is -3.57. The van der Waals surface area contributed by atoms with E-state index in [1.54, 1.807) is 22.7 Å². The number of sulfonamides is 1. The highest BCUT2D eigenvalue weighted by Crippen LogP contribution is 2.23. The summed E-state index contributed by atoms with van der Waals surface area (Å²) in [4.78, 5) is 31.4. The lowest BCUT2D eigenvalue weighted by molar-refractivity contribution is -0.131. The molecule has 0 bridgehead atoms. The fraction of sp³-hybridized carbons (Fsp3) is 0.714. The van der Waals surface area contributed by atoms with Crippen molar-refractivity contribution in [3.05, 3.63) is 18.0 Å². The van der Waals surface area contributed by atoms with Crippen LogP contribution in [-0.4, -0.2) is 103 Å². The number of carbonyl (C=O) groups is 2. The fourth-order valence-electron chi connectivity index (χ4n) is 4.67. The van der Waals surface area contributed by atoms with Crippen molar-refractivity contribution in [3.8, 4) is 0 Å². The van der Waals surface area contributed by atoms with Gasteiger partial charge in [0, 0.05) is 65.6 Å². The monoisotopic (exact) mass is 451 g/mol. The topological polar surface area (TPSA) is 86.2 Å². The summed E-state index contributed by atoms with van der Waals surface area (Å²) in [7, 11) is -1.85. The molecule has 0 spiro atoms. The van der Waals surface area contributed by atoms with Gasteiger partial charge >= 0.3 is 0 Å². The first-order chi connectivity index (χ1) is 14.9. The predicted octanol–water partition coefficient (Wildman–Crippen LogP) is 0.580. The molecule has 0 radical (unpaired) electrons. The maximum absolute atomic E-state index is 13.1. The number of carbonyl (C=O) groups excluding carboxylic acids is 2. The lowest BCUT2D eigenvalue weighted by atomic mass is 10.2. The number of amides is 2. The van der Waals surface area contributed by atoms with E-state index in [4.69, 9.17) is 0 Å². The zero-order valence-electron chi connectivity index (χ0n) is 18.3. The van der Waals surface area contributed by atoms with E-state index >= 15 is 0 Å². The number of nitrogens with zero attached hydrogens (tertiary/aromatic N) is 5. The van der Waals surface area contributed by atoms with Crippen LogP contribution in [0.1, 0.15) is 42.6 Å². The van der Waals surface area contributed by atoms with Gasteiger partial charge in [0.15, 0.2) is 0 Å². The Morgan fingerprint density at radius 2 is 1.45 bits per heavy atom. The quantitative estimate of drug-likeness (QED) is 0.654. The van der Waals surface area contributed by atoms with Crippen LogP contribution in [0.15, 0.2) is 17.2 Å². The molecule has 31 heavy (non-hydrogen) atoms. The smallest absolute Gasteiger partial charge is 0.270 e. The van der Waals surface area contributed by atoms with Crippen molar-refractivity contribution in [1.82, 2.24) is 23.6 Å². The first kappa shape index (κ1) is 22.3. The Morgan fingerprint density at radius 1 is 0.839 bits per heavy atom. The Bertz CT molecular complexity index is 908. The average molecular weight is 452 g/mol. The van der Waals surface area contributed by atoms with Gasteiger partial charge < -0.3 is 14.4 Å². The second-order valence-corrected chi connectivity index (χ2v) is 10.7. The fourth-order valence-corrected chi connectivity index (χ4v) is 6.26. The highest BCUT2D eigenvalue weighted by atomic mass is 32.2. The maximum Gasteiger partial charge on any atom is 0.270 e. The molecule has 4 heterocycles. The lowest BCUT2D eigenvalue weighted by Gasteiger charge is -2.35. The third-order valence-electron chi connectivity index (χ3n) is 6.63. The summed E-state index contributed by atoms with van der Waals surface area (Å²) in [6, 6.07) is 1.51. The van der Waals surface area contributed by atoms with E-state index in [2.05, 4.69) is 4.90 Å². The Labute approximate surface area is 184 Å². The van der Waals surface area contributed by atoms with Crippen molar-refractivity contribution >= 4 is 21.8 Å². The molecule has 0 atom stereocenters. The van der Waals surface area contributed by atoms with Crippen LogP contribution < -0.4 is 0 Å². The Hall–Kier alpha value is -1.91. The lowest BCUT2D eigenvalue weighted by Crippen LogP contribution is -2.51. The first-order valence-electron chi connectivity index (χ1n) is 11.3. The van der Waals surface area contributed by atoms with Crippen LogP contribution in [0.5, 0.6) is 0 Å². The number of rotatable bonds is 5. The summed E-state index contributed by atoms with van der Waals surface area (Å²) >= 11 is 0. The van der Waals surface area contributed by atoms with E-state index in [-0.39, 0.29) is 16.7 Å². The molecule has 0 N–H and O–H groups in total. The molecule has 2 amide bonds. The minimum absolute atomic E-state index is 0.159. The molecule has 3 saturated heterocycles. The summed E-state index contributed by atoms with van der Waals surface area (Å²) < 4.78 is 29.0. The van der Waals surface area contributed by atoms with Gasteiger partial charge in [0.25, 0.3) is 5.91 Å². The summed E-state index contributed by atoms with van der Waals surface area (Å²) in [6.45, 7) is 5.56. The largest absolute Gasteiger partial charge is 0.345 e. The van der Waals surface area contributed by atoms with Crippen LogP contribution in [0.25, 0.3) is 0 Å². The molecule has 4 rings (SSSR count). The number of aryl methyl sites for hydroxylation is 1. The molecular formula is C21H33N5O4S. The van der Waals surface area contributed by atoms with Crippen LogP contribution in [0.2, 0.25) is 0 Å². The van der Waals surface area contributed by atoms with Crippen molar-refractivity contribution in [3.63, 3.8) is 0 Å². The first-order valence-corrected chi connectivity index (χ1v) is 12.8. The highest BCUT2D eigenvalue weighted by Gasteiger charge is 2.31. The van der Waals surface area contributed by atoms with Gasteiger partial charge in [-0.25, -0.2) is 8.42 Å². The molecule has 172 valence electrons. The van der Waals surface area contributed by atoms with E-state index in [0.717, 1.165) is 45.2 Å². The highest BCUT2D eigenvalue weighted by molar-refractivity contribution is 7.89. The normalized spacial score (nSPS) is 21.6. The molecule has 0 aromatic carbocycles. The van der Waals surface area contributed by atoms with E-state index in [9.17, 15) is 18.0 Å². The van der Waals surface area contributed by atoms with E-state index < -0.39 is 10.0 Å². The molecule has 0 saturated carbocycles. The van der Waals surface area contributed by atoms with E-state index in [1.807, 2.05) is 4.90 Å². The van der Waals surface area contributed by atoms with Gasteiger partial charge in [-0.1, -0.05) is 6.42 Å². The number of hydrogen-bond acceptors (Lipinski definition) is 5. The SMILES string of the molecule is Cn1cc(S(=O)(=O)N2CCCCC2)cc1C(=O)N1CCN(CC(=O)N2CCCC2)CC1. The van der Waals surface area contributed by atoms with Crippen molar-refractivity contribution in [2.24, 2.45) is 7.05 Å². The standard InChI is InChI=1S/C21H33N5O4S/c1-22-16-18(31(29,30)26-9-3-2-4-10-26)15-19(22)21(28)25-13-11-23(12-14-25)17-20(27)24-7-5-6-8-24/h15-16H,2-14,17H2,1H3. The molecule has 3 aliphatic heterocycles. The van der Waals surface area contributed by atoms with Crippen molar-refractivity contribution in [1.29, 1.82) is 0 Å². The molecular weight excluding hydrogens is 418 g/mol. The second-order valence-electron chi connectivity index (χ2n) is 8.79. The molecule has 3 fully saturated rings. The van der Waals surface area contributed by atoms with Crippen LogP contribution in [0, 0.1) is 0 Å². The summed E-state index contributed by atoms with van der Waals surface area (Å²) in [6.07, 6.45) is 6.52. The van der Waals surface area contributed by atoms with Crippen molar-refractivity contribution in [2.45, 2.75) is 37.0 Å². The van der Waals surface area contributed by atoms with Crippen LogP contribution in [0.4, 0.5) is 0 Å². The molecule has 1 aromatic rings. The zero-order chi connectivity index (χ0) is 22.0. The number of hydrogen-bond donors (Lipinski definition) is 0. The molecule has 9 nitrogen and oxygen atoms in total. The Morgan fingerprint density at radius 3 is 2.10 bits per heavy atom. The van der Waals surface area contributed by atoms with Crippen LogP contribution in [-0.2, 0) is 21.9 Å². The van der Waals surface area contributed by atoms with E-state index in [0.29, 0.717) is 51.5 Å². The molecule has 0 unspecified atom stereocenters. The number of likely N-dealkylation sites (tertiary alicyclic amines) is 1. The average Bonchev–Trinajstić information content (AvgIpc) is 3.45. The van der Waals surface area contributed by atoms with Gasteiger partial charge in [0.2, 0.25) is 15.9 Å². The number of piperazine rings is 1. The number of aromatic nitrogens is 1. The molecule has 1 aromatic heterocycles. The molecule has 3 aliphatic rings. The van der Waals surface area contributed by atoms with E-state index in [1.165, 1.54) is 10.4 Å².